The number of ether oxygens (including phenoxy) is 1. The van der Waals surface area contributed by atoms with Crippen molar-refractivity contribution < 1.29 is 37.1 Å². The monoisotopic (exact) mass is 985 g/mol. The van der Waals surface area contributed by atoms with Gasteiger partial charge < -0.3 is 25.6 Å². The number of nitrogens with zero attached hydrogens (tertiary/aromatic N) is 6. The van der Waals surface area contributed by atoms with Crippen molar-refractivity contribution in [2.45, 2.75) is 103 Å². The fraction of sp³-hybridized carbons (Fsp3) is 0.538. The molecule has 70 heavy (non-hydrogen) atoms. The first-order valence-electron chi connectivity index (χ1n) is 24.8. The summed E-state index contributed by atoms with van der Waals surface area (Å²) in [5, 5.41) is 6.75. The maximum absolute atomic E-state index is 13.9. The maximum atomic E-state index is 13.9. The SMILES string of the molecule is COc1cc2nc(C)nc(N[C@H](C)c3cc(N)cc(C(F)(F)F)c3)c2cc1C1CCC(C(=O)N2CCN(CC3CCC4(CC3)CCN(C(=O)c3ccc(Cl)c(N5CCC(=O)NC5=O)c3)CC4)CC2)CC1. The van der Waals surface area contributed by atoms with Gasteiger partial charge in [-0.2, -0.15) is 13.2 Å². The Morgan fingerprint density at radius 1 is 0.900 bits per heavy atom. The molecule has 1 aromatic heterocycles. The highest BCUT2D eigenvalue weighted by molar-refractivity contribution is 6.34. The highest BCUT2D eigenvalue weighted by Gasteiger charge is 2.41. The van der Waals surface area contributed by atoms with E-state index in [9.17, 15) is 32.3 Å². The number of hydrogen-bond acceptors (Lipinski definition) is 10. The predicted molar refractivity (Wildman–Crippen MR) is 263 cm³/mol. The third-order valence-corrected chi connectivity index (χ3v) is 16.2. The van der Waals surface area contributed by atoms with Gasteiger partial charge in [0.1, 0.15) is 17.4 Å². The van der Waals surface area contributed by atoms with E-state index in [1.165, 1.54) is 11.0 Å². The second-order valence-corrected chi connectivity index (χ2v) is 20.7. The molecule has 18 heteroatoms. The normalized spacial score (nSPS) is 22.0. The minimum absolute atomic E-state index is 0.0318. The topological polar surface area (TPSA) is 166 Å². The number of imide groups is 1. The number of piperidine rings is 1. The Balaban J connectivity index is 0.735. The summed E-state index contributed by atoms with van der Waals surface area (Å²) in [6.07, 6.45) is 5.41. The zero-order valence-corrected chi connectivity index (χ0v) is 40.9. The van der Waals surface area contributed by atoms with Crippen molar-refractivity contribution in [3.63, 3.8) is 0 Å². The van der Waals surface area contributed by atoms with Gasteiger partial charge >= 0.3 is 12.2 Å². The summed E-state index contributed by atoms with van der Waals surface area (Å²) in [6.45, 7) is 9.40. The average Bonchev–Trinajstić information content (AvgIpc) is 3.34. The molecule has 14 nitrogen and oxygen atoms in total. The molecule has 0 bridgehead atoms. The molecule has 2 aliphatic carbocycles. The molecule has 1 atom stereocenters. The summed E-state index contributed by atoms with van der Waals surface area (Å²) in [6, 6.07) is 11.5. The van der Waals surface area contributed by atoms with Crippen LogP contribution in [0.25, 0.3) is 10.9 Å². The number of carbonyl (C=O) groups excluding carboxylic acids is 4. The van der Waals surface area contributed by atoms with Crippen LogP contribution in [-0.2, 0) is 15.8 Å². The summed E-state index contributed by atoms with van der Waals surface area (Å²) in [4.78, 5) is 69.1. The minimum atomic E-state index is -4.53. The van der Waals surface area contributed by atoms with Crippen molar-refractivity contribution in [2.24, 2.45) is 17.3 Å². The number of halogens is 4. The van der Waals surface area contributed by atoms with Gasteiger partial charge in [-0.05, 0) is 149 Å². The third-order valence-electron chi connectivity index (χ3n) is 15.8. The van der Waals surface area contributed by atoms with Gasteiger partial charge in [-0.15, -0.1) is 0 Å². The van der Waals surface area contributed by atoms with Crippen LogP contribution in [0, 0.1) is 24.2 Å². The lowest BCUT2D eigenvalue weighted by atomic mass is 9.65. The minimum Gasteiger partial charge on any atom is -0.496 e. The van der Waals surface area contributed by atoms with Gasteiger partial charge in [0.2, 0.25) is 11.8 Å². The summed E-state index contributed by atoms with van der Waals surface area (Å²) in [7, 11) is 1.64. The van der Waals surface area contributed by atoms with Gasteiger partial charge in [-0.3, -0.25) is 29.5 Å². The molecule has 0 radical (unpaired) electrons. The lowest BCUT2D eigenvalue weighted by Crippen LogP contribution is -2.52. The van der Waals surface area contributed by atoms with Crippen LogP contribution >= 0.6 is 11.6 Å². The summed E-state index contributed by atoms with van der Waals surface area (Å²) in [5.74, 6) is 2.31. The number of likely N-dealkylation sites (tertiary alicyclic amines) is 1. The van der Waals surface area contributed by atoms with Crippen LogP contribution in [0.4, 0.5) is 35.2 Å². The number of methoxy groups -OCH3 is 1. The summed E-state index contributed by atoms with van der Waals surface area (Å²) < 4.78 is 46.8. The summed E-state index contributed by atoms with van der Waals surface area (Å²) in [5.41, 5.74) is 8.33. The average molecular weight is 987 g/mol. The third kappa shape index (κ3) is 10.7. The first-order valence-corrected chi connectivity index (χ1v) is 25.2. The number of amides is 5. The van der Waals surface area contributed by atoms with Gasteiger partial charge in [0, 0.05) is 87.4 Å². The molecule has 5 fully saturated rings. The van der Waals surface area contributed by atoms with Crippen LogP contribution in [0.2, 0.25) is 5.02 Å². The van der Waals surface area contributed by atoms with Crippen LogP contribution < -0.4 is 26.0 Å². The zero-order chi connectivity index (χ0) is 49.5. The van der Waals surface area contributed by atoms with Crippen LogP contribution in [0.1, 0.15) is 122 Å². The number of aryl methyl sites for hydroxylation is 1. The molecule has 0 unspecified atom stereocenters. The van der Waals surface area contributed by atoms with Crippen molar-refractivity contribution >= 4 is 63.4 Å². The first kappa shape index (κ1) is 49.3. The van der Waals surface area contributed by atoms with E-state index >= 15 is 0 Å². The molecule has 4 aromatic rings. The quantitative estimate of drug-likeness (QED) is 0.130. The van der Waals surface area contributed by atoms with E-state index in [1.54, 1.807) is 39.2 Å². The van der Waals surface area contributed by atoms with Crippen LogP contribution in [0.5, 0.6) is 5.75 Å². The van der Waals surface area contributed by atoms with Gasteiger partial charge in [0.15, 0.2) is 0 Å². The van der Waals surface area contributed by atoms with E-state index < -0.39 is 23.8 Å². The number of aromatic nitrogens is 2. The van der Waals surface area contributed by atoms with E-state index in [4.69, 9.17) is 22.1 Å². The van der Waals surface area contributed by atoms with Crippen LogP contribution in [0.15, 0.2) is 48.5 Å². The lowest BCUT2D eigenvalue weighted by Gasteiger charge is -2.47. The number of nitrogen functional groups attached to an aromatic ring is 1. The van der Waals surface area contributed by atoms with Crippen molar-refractivity contribution in [1.29, 1.82) is 0 Å². The molecule has 4 N–H and O–H groups in total. The molecule has 3 aliphatic heterocycles. The smallest absolute Gasteiger partial charge is 0.416 e. The molecule has 2 saturated carbocycles. The van der Waals surface area contributed by atoms with E-state index in [1.807, 2.05) is 17.0 Å². The largest absolute Gasteiger partial charge is 0.496 e. The number of alkyl halides is 3. The number of nitrogens with one attached hydrogen (secondary N) is 2. The Morgan fingerprint density at radius 3 is 2.29 bits per heavy atom. The molecule has 3 saturated heterocycles. The number of fused-ring (bicyclic) bond motifs is 1. The number of anilines is 3. The standard InChI is InChI=1S/C52H63ClF3N9O5/c1-31(37-24-38(52(54,55)56)27-39(57)25-37)58-47-41-28-40(45(70-3)29-43(41)59-32(2)60-47)34-4-6-35(7-5-34)48(67)64-22-20-62(21-23-64)30-33-10-13-51(14-11-33)15-18-63(19-16-51)49(68)36-8-9-42(53)44(26-36)65-17-12-46(66)61-50(65)69/h8-9,24-29,31,33-35H,4-7,10-23,30,57H2,1-3H3,(H,58,59,60)(H,61,66,69)/t31-,34?,35?/m1/s1. The van der Waals surface area contributed by atoms with Crippen molar-refractivity contribution in [2.75, 3.05) is 75.4 Å². The Kier molecular flexibility index (Phi) is 14.2. The fourth-order valence-corrected chi connectivity index (χ4v) is 11.9. The Labute approximate surface area is 411 Å². The Hall–Kier alpha value is -5.68. The second kappa shape index (κ2) is 20.2. The van der Waals surface area contributed by atoms with E-state index in [0.29, 0.717) is 63.8 Å². The number of carbonyl (C=O) groups is 4. The number of urea groups is 1. The van der Waals surface area contributed by atoms with E-state index in [2.05, 4.69) is 30.4 Å². The fourth-order valence-electron chi connectivity index (χ4n) is 11.7. The summed E-state index contributed by atoms with van der Waals surface area (Å²) >= 11 is 6.44. The number of hydrogen-bond donors (Lipinski definition) is 3. The Bertz CT molecular complexity index is 2630. The van der Waals surface area contributed by atoms with Gasteiger partial charge in [0.25, 0.3) is 5.91 Å². The van der Waals surface area contributed by atoms with Gasteiger partial charge in [-0.1, -0.05) is 11.6 Å². The van der Waals surface area contributed by atoms with Gasteiger partial charge in [0.05, 0.1) is 34.9 Å². The van der Waals surface area contributed by atoms with Crippen LogP contribution in [0.3, 0.4) is 0 Å². The van der Waals surface area contributed by atoms with Gasteiger partial charge in [-0.25, -0.2) is 14.8 Å². The van der Waals surface area contributed by atoms with E-state index in [-0.39, 0.29) is 53.6 Å². The first-order chi connectivity index (χ1) is 33.5. The molecule has 3 aromatic carbocycles. The predicted octanol–water partition coefficient (Wildman–Crippen LogP) is 9.35. The van der Waals surface area contributed by atoms with Crippen molar-refractivity contribution in [3.8, 4) is 5.75 Å². The molecule has 4 heterocycles. The van der Waals surface area contributed by atoms with Crippen molar-refractivity contribution in [1.82, 2.24) is 30.0 Å². The lowest BCUT2D eigenvalue weighted by molar-refractivity contribution is -0.139. The van der Waals surface area contributed by atoms with E-state index in [0.717, 1.165) is 120 Å². The molecular formula is C52H63ClF3N9O5. The number of piperazine rings is 1. The molecule has 5 aliphatic rings. The number of nitrogens with two attached hydrogens (primary N) is 1. The van der Waals surface area contributed by atoms with Crippen molar-refractivity contribution in [3.05, 3.63) is 81.6 Å². The second-order valence-electron chi connectivity index (χ2n) is 20.3. The highest BCUT2D eigenvalue weighted by Crippen LogP contribution is 2.47. The number of rotatable bonds is 10. The number of benzene rings is 3. The Morgan fingerprint density at radius 2 is 1.61 bits per heavy atom. The molecule has 1 spiro atoms. The molecule has 374 valence electrons. The molecule has 5 amide bonds. The van der Waals surface area contributed by atoms with Crippen LogP contribution in [-0.4, -0.2) is 108 Å². The highest BCUT2D eigenvalue weighted by atomic mass is 35.5. The maximum Gasteiger partial charge on any atom is 0.416 e. The zero-order valence-electron chi connectivity index (χ0n) is 40.2. The molecular weight excluding hydrogens is 923 g/mol. The molecule has 9 rings (SSSR count).